The van der Waals surface area contributed by atoms with Crippen molar-refractivity contribution >= 4 is 5.91 Å². The van der Waals surface area contributed by atoms with Crippen molar-refractivity contribution in [2.45, 2.75) is 39.0 Å². The molecule has 1 rings (SSSR count). The molecule has 0 spiro atoms. The van der Waals surface area contributed by atoms with Gasteiger partial charge < -0.3 is 9.64 Å². The van der Waals surface area contributed by atoms with Crippen molar-refractivity contribution in [1.82, 2.24) is 4.90 Å². The second-order valence-corrected chi connectivity index (χ2v) is 4.74. The van der Waals surface area contributed by atoms with Crippen molar-refractivity contribution in [2.75, 3.05) is 26.8 Å². The molecule has 0 aliphatic carbocycles. The van der Waals surface area contributed by atoms with Crippen molar-refractivity contribution in [3.8, 4) is 6.07 Å². The van der Waals surface area contributed by atoms with E-state index in [2.05, 4.69) is 13.0 Å². The quantitative estimate of drug-likeness (QED) is 0.688. The number of carbonyl (C=O) groups excluding carboxylic acids is 1. The second-order valence-electron chi connectivity index (χ2n) is 4.74. The predicted octanol–water partition coefficient (Wildman–Crippen LogP) is 1.96. The van der Waals surface area contributed by atoms with Crippen LogP contribution in [-0.2, 0) is 9.53 Å². The average molecular weight is 238 g/mol. The summed E-state index contributed by atoms with van der Waals surface area (Å²) >= 11 is 0. The van der Waals surface area contributed by atoms with Crippen LogP contribution < -0.4 is 0 Å². The molecule has 1 fully saturated rings. The molecule has 4 nitrogen and oxygen atoms in total. The molecular weight excluding hydrogens is 216 g/mol. The summed E-state index contributed by atoms with van der Waals surface area (Å²) in [5.41, 5.74) is -0.834. The number of rotatable bonds is 5. The van der Waals surface area contributed by atoms with Gasteiger partial charge in [0.15, 0.2) is 0 Å². The molecule has 0 unspecified atom stereocenters. The molecule has 0 bridgehead atoms. The maximum atomic E-state index is 12.3. The Morgan fingerprint density at radius 3 is 2.59 bits per heavy atom. The largest absolute Gasteiger partial charge is 0.381 e. The molecule has 1 aliphatic heterocycles. The molecule has 0 aromatic rings. The Morgan fingerprint density at radius 2 is 2.06 bits per heavy atom. The highest BCUT2D eigenvalue weighted by atomic mass is 16.5. The molecule has 0 radical (unpaired) electrons. The van der Waals surface area contributed by atoms with E-state index in [1.54, 1.807) is 11.9 Å². The van der Waals surface area contributed by atoms with Gasteiger partial charge in [0.1, 0.15) is 5.41 Å². The van der Waals surface area contributed by atoms with Gasteiger partial charge in [0, 0.05) is 26.8 Å². The minimum Gasteiger partial charge on any atom is -0.381 e. The lowest BCUT2D eigenvalue weighted by atomic mass is 9.80. The van der Waals surface area contributed by atoms with Crippen LogP contribution in [-0.4, -0.2) is 37.6 Å². The summed E-state index contributed by atoms with van der Waals surface area (Å²) < 4.78 is 5.23. The van der Waals surface area contributed by atoms with Crippen molar-refractivity contribution in [1.29, 1.82) is 5.26 Å². The maximum absolute atomic E-state index is 12.3. The van der Waals surface area contributed by atoms with Gasteiger partial charge in [-0.1, -0.05) is 19.8 Å². The molecular formula is C13H22N2O2. The lowest BCUT2D eigenvalue weighted by Crippen LogP contribution is -2.44. The number of carbonyl (C=O) groups is 1. The summed E-state index contributed by atoms with van der Waals surface area (Å²) in [5, 5.41) is 9.28. The Kier molecular flexibility index (Phi) is 5.43. The number of nitrogens with zero attached hydrogens (tertiary/aromatic N) is 2. The highest BCUT2D eigenvalue weighted by Crippen LogP contribution is 2.31. The lowest BCUT2D eigenvalue weighted by molar-refractivity contribution is -0.142. The summed E-state index contributed by atoms with van der Waals surface area (Å²) in [6.45, 7) is 3.91. The van der Waals surface area contributed by atoms with E-state index in [0.29, 0.717) is 26.1 Å². The van der Waals surface area contributed by atoms with E-state index in [1.165, 1.54) is 0 Å². The van der Waals surface area contributed by atoms with Crippen molar-refractivity contribution < 1.29 is 9.53 Å². The summed E-state index contributed by atoms with van der Waals surface area (Å²) in [6.07, 6.45) is 4.33. The van der Waals surface area contributed by atoms with E-state index in [-0.39, 0.29) is 5.91 Å². The van der Waals surface area contributed by atoms with E-state index >= 15 is 0 Å². The maximum Gasteiger partial charge on any atom is 0.242 e. The van der Waals surface area contributed by atoms with Crippen molar-refractivity contribution in [2.24, 2.45) is 5.41 Å². The van der Waals surface area contributed by atoms with Gasteiger partial charge in [-0.2, -0.15) is 5.26 Å². The molecule has 1 aliphatic rings. The van der Waals surface area contributed by atoms with Gasteiger partial charge in [0.2, 0.25) is 5.91 Å². The van der Waals surface area contributed by atoms with Gasteiger partial charge in [-0.25, -0.2) is 0 Å². The Morgan fingerprint density at radius 1 is 1.41 bits per heavy atom. The first kappa shape index (κ1) is 14.0. The van der Waals surface area contributed by atoms with Crippen LogP contribution in [0.1, 0.15) is 39.0 Å². The molecule has 0 atom stereocenters. The summed E-state index contributed by atoms with van der Waals surface area (Å²) in [5.74, 6) is -0.0283. The van der Waals surface area contributed by atoms with Crippen LogP contribution in [0.15, 0.2) is 0 Å². The van der Waals surface area contributed by atoms with Crippen LogP contribution in [0.3, 0.4) is 0 Å². The SMILES string of the molecule is CCCCCN(C)C(=O)C1(C#N)CCOCC1. The number of hydrogen-bond donors (Lipinski definition) is 0. The molecule has 0 aromatic carbocycles. The summed E-state index contributed by atoms with van der Waals surface area (Å²) in [7, 11) is 1.80. The first-order chi connectivity index (χ1) is 8.16. The number of unbranched alkanes of at least 4 members (excludes halogenated alkanes) is 2. The minimum atomic E-state index is -0.834. The Bertz CT molecular complexity index is 290. The van der Waals surface area contributed by atoms with E-state index in [1.807, 2.05) is 0 Å². The van der Waals surface area contributed by atoms with Gasteiger partial charge in [-0.05, 0) is 19.3 Å². The van der Waals surface area contributed by atoms with Crippen molar-refractivity contribution in [3.63, 3.8) is 0 Å². The first-order valence-corrected chi connectivity index (χ1v) is 6.41. The van der Waals surface area contributed by atoms with Gasteiger partial charge in [0.25, 0.3) is 0 Å². The molecule has 4 heteroatoms. The van der Waals surface area contributed by atoms with Crippen LogP contribution in [0.2, 0.25) is 0 Å². The zero-order chi connectivity index (χ0) is 12.7. The summed E-state index contributed by atoms with van der Waals surface area (Å²) in [4.78, 5) is 14.0. The third kappa shape index (κ3) is 3.44. The summed E-state index contributed by atoms with van der Waals surface area (Å²) in [6, 6.07) is 2.22. The van der Waals surface area contributed by atoms with Crippen LogP contribution in [0.25, 0.3) is 0 Å². The van der Waals surface area contributed by atoms with Gasteiger partial charge in [-0.15, -0.1) is 0 Å². The van der Waals surface area contributed by atoms with Crippen LogP contribution in [0.4, 0.5) is 0 Å². The predicted molar refractivity (Wildman–Crippen MR) is 65.3 cm³/mol. The molecule has 1 heterocycles. The van der Waals surface area contributed by atoms with Crippen LogP contribution >= 0.6 is 0 Å². The fraction of sp³-hybridized carbons (Fsp3) is 0.846. The highest BCUT2D eigenvalue weighted by molar-refractivity contribution is 5.85. The molecule has 0 saturated carbocycles. The third-order valence-corrected chi connectivity index (χ3v) is 3.41. The first-order valence-electron chi connectivity index (χ1n) is 6.41. The number of ether oxygens (including phenoxy) is 1. The lowest BCUT2D eigenvalue weighted by Gasteiger charge is -2.33. The van der Waals surface area contributed by atoms with E-state index in [9.17, 15) is 10.1 Å². The number of nitriles is 1. The van der Waals surface area contributed by atoms with Crippen LogP contribution in [0.5, 0.6) is 0 Å². The Balaban J connectivity index is 2.56. The normalized spacial score (nSPS) is 18.4. The minimum absolute atomic E-state index is 0.0283. The zero-order valence-corrected chi connectivity index (χ0v) is 10.9. The number of amides is 1. The third-order valence-electron chi connectivity index (χ3n) is 3.41. The van der Waals surface area contributed by atoms with E-state index in [0.717, 1.165) is 25.8 Å². The topological polar surface area (TPSA) is 53.3 Å². The highest BCUT2D eigenvalue weighted by Gasteiger charge is 2.41. The molecule has 0 aromatic heterocycles. The van der Waals surface area contributed by atoms with Crippen LogP contribution in [0, 0.1) is 16.7 Å². The van der Waals surface area contributed by atoms with Gasteiger partial charge >= 0.3 is 0 Å². The van der Waals surface area contributed by atoms with Gasteiger partial charge in [0.05, 0.1) is 6.07 Å². The molecule has 17 heavy (non-hydrogen) atoms. The standard InChI is InChI=1S/C13H22N2O2/c1-3-4-5-8-15(2)12(16)13(11-14)6-9-17-10-7-13/h3-10H2,1-2H3. The molecule has 1 amide bonds. The second kappa shape index (κ2) is 6.61. The Labute approximate surface area is 104 Å². The van der Waals surface area contributed by atoms with Gasteiger partial charge in [-0.3, -0.25) is 4.79 Å². The average Bonchev–Trinajstić information content (AvgIpc) is 2.38. The van der Waals surface area contributed by atoms with E-state index in [4.69, 9.17) is 4.74 Å². The van der Waals surface area contributed by atoms with Crippen molar-refractivity contribution in [3.05, 3.63) is 0 Å². The fourth-order valence-corrected chi connectivity index (χ4v) is 2.16. The molecule has 0 N–H and O–H groups in total. The Hall–Kier alpha value is -1.08. The monoisotopic (exact) mass is 238 g/mol. The molecule has 1 saturated heterocycles. The zero-order valence-electron chi connectivity index (χ0n) is 10.9. The molecule has 96 valence electrons. The fourth-order valence-electron chi connectivity index (χ4n) is 2.16. The van der Waals surface area contributed by atoms with E-state index < -0.39 is 5.41 Å². The smallest absolute Gasteiger partial charge is 0.242 e. The number of hydrogen-bond acceptors (Lipinski definition) is 3.